The summed E-state index contributed by atoms with van der Waals surface area (Å²) < 4.78 is 0. The molecule has 3 aromatic carbocycles. The number of nitrogens with zero attached hydrogens (tertiary/aromatic N) is 1. The molecule has 0 saturated carbocycles. The predicted octanol–water partition coefficient (Wildman–Crippen LogP) is 4.80. The molecule has 4 nitrogen and oxygen atoms in total. The van der Waals surface area contributed by atoms with E-state index in [1.54, 1.807) is 0 Å². The Kier molecular flexibility index (Phi) is 6.95. The lowest BCUT2D eigenvalue weighted by atomic mass is 10.0. The monoisotopic (exact) mass is 370 g/mol. The summed E-state index contributed by atoms with van der Waals surface area (Å²) >= 11 is 0. The molecule has 0 fully saturated rings. The lowest BCUT2D eigenvalue weighted by Gasteiger charge is -2.07. The molecule has 0 heterocycles. The molecule has 1 amide bonds. The van der Waals surface area contributed by atoms with Crippen LogP contribution in [0.5, 0.6) is 0 Å². The highest BCUT2D eigenvalue weighted by molar-refractivity contribution is 5.74. The molecule has 0 aliphatic heterocycles. The van der Waals surface area contributed by atoms with E-state index in [2.05, 4.69) is 35.8 Å². The molecule has 0 unspecified atom stereocenters. The largest absolute Gasteiger partial charge is 0.273 e. The molecule has 3 aromatic rings. The van der Waals surface area contributed by atoms with Crippen molar-refractivity contribution >= 4 is 5.91 Å². The van der Waals surface area contributed by atoms with E-state index < -0.39 is 0 Å². The summed E-state index contributed by atoms with van der Waals surface area (Å²) in [6.07, 6.45) is 2.02. The Morgan fingerprint density at radius 3 is 2.14 bits per heavy atom. The van der Waals surface area contributed by atoms with Gasteiger partial charge >= 0.3 is 0 Å². The first-order valence-electron chi connectivity index (χ1n) is 9.28. The van der Waals surface area contributed by atoms with Crippen LogP contribution in [0.4, 0.5) is 0 Å². The second-order valence-corrected chi connectivity index (χ2v) is 6.54. The van der Waals surface area contributed by atoms with Crippen LogP contribution in [0.25, 0.3) is 11.1 Å². The maximum atomic E-state index is 11.9. The predicted molar refractivity (Wildman–Crippen MR) is 109 cm³/mol. The second-order valence-electron chi connectivity index (χ2n) is 6.54. The van der Waals surface area contributed by atoms with Crippen LogP contribution in [0, 0.1) is 11.3 Å². The molecular formula is C24H22N2O2. The van der Waals surface area contributed by atoms with E-state index in [1.807, 2.05) is 54.6 Å². The third-order valence-electron chi connectivity index (χ3n) is 4.44. The zero-order chi connectivity index (χ0) is 19.6. The van der Waals surface area contributed by atoms with Crippen LogP contribution in [-0.4, -0.2) is 5.91 Å². The number of aryl methyl sites for hydroxylation is 1. The van der Waals surface area contributed by atoms with E-state index in [-0.39, 0.29) is 5.91 Å². The van der Waals surface area contributed by atoms with Gasteiger partial charge in [-0.15, -0.1) is 0 Å². The van der Waals surface area contributed by atoms with Crippen molar-refractivity contribution in [1.29, 1.82) is 5.26 Å². The highest BCUT2D eigenvalue weighted by Crippen LogP contribution is 2.20. The van der Waals surface area contributed by atoms with Gasteiger partial charge in [-0.05, 0) is 47.2 Å². The quantitative estimate of drug-likeness (QED) is 0.580. The number of carbonyl (C=O) groups excluding carboxylic acids is 1. The fourth-order valence-corrected chi connectivity index (χ4v) is 2.88. The summed E-state index contributed by atoms with van der Waals surface area (Å²) in [5.74, 6) is -0.106. The van der Waals surface area contributed by atoms with Crippen LogP contribution in [0.1, 0.15) is 29.5 Å². The van der Waals surface area contributed by atoms with Gasteiger partial charge in [-0.3, -0.25) is 9.63 Å². The van der Waals surface area contributed by atoms with Crippen molar-refractivity contribution in [3.63, 3.8) is 0 Å². The molecule has 140 valence electrons. The molecule has 0 spiro atoms. The lowest BCUT2D eigenvalue weighted by molar-refractivity contribution is -0.134. The average molecular weight is 370 g/mol. The Balaban J connectivity index is 1.39. The van der Waals surface area contributed by atoms with Gasteiger partial charge in [-0.2, -0.15) is 5.26 Å². The maximum absolute atomic E-state index is 11.9. The standard InChI is InChI=1S/C24H22N2O2/c25-17-20-11-15-23(16-12-20)22-13-9-19(10-14-22)7-4-8-24(27)26-28-18-21-5-2-1-3-6-21/h1-3,5-6,9-16H,4,7-8,18H2,(H,26,27). The summed E-state index contributed by atoms with van der Waals surface area (Å²) in [6.45, 7) is 0.364. The van der Waals surface area contributed by atoms with Gasteiger partial charge in [0.25, 0.3) is 0 Å². The minimum Gasteiger partial charge on any atom is -0.273 e. The number of hydrogen-bond donors (Lipinski definition) is 1. The van der Waals surface area contributed by atoms with E-state index in [0.29, 0.717) is 18.6 Å². The second kappa shape index (κ2) is 10.1. The third-order valence-corrected chi connectivity index (χ3v) is 4.44. The molecule has 1 N–H and O–H groups in total. The first-order chi connectivity index (χ1) is 13.7. The number of nitriles is 1. The van der Waals surface area contributed by atoms with Crippen molar-refractivity contribution < 1.29 is 9.63 Å². The van der Waals surface area contributed by atoms with Gasteiger partial charge in [-0.25, -0.2) is 5.48 Å². The van der Waals surface area contributed by atoms with E-state index in [9.17, 15) is 4.79 Å². The molecule has 28 heavy (non-hydrogen) atoms. The Morgan fingerprint density at radius 2 is 1.50 bits per heavy atom. The van der Waals surface area contributed by atoms with Gasteiger partial charge in [0.1, 0.15) is 0 Å². The van der Waals surface area contributed by atoms with E-state index in [1.165, 1.54) is 5.56 Å². The zero-order valence-corrected chi connectivity index (χ0v) is 15.6. The van der Waals surface area contributed by atoms with E-state index in [0.717, 1.165) is 29.5 Å². The van der Waals surface area contributed by atoms with Crippen molar-refractivity contribution in [2.75, 3.05) is 0 Å². The Labute approximate surface area is 165 Å². The molecule has 0 bridgehead atoms. The summed E-state index contributed by atoms with van der Waals surface area (Å²) in [7, 11) is 0. The van der Waals surface area contributed by atoms with Gasteiger partial charge in [-0.1, -0.05) is 66.7 Å². The highest BCUT2D eigenvalue weighted by Gasteiger charge is 2.03. The normalized spacial score (nSPS) is 10.2. The summed E-state index contributed by atoms with van der Waals surface area (Å²) in [5, 5.41) is 8.87. The van der Waals surface area contributed by atoms with Crippen LogP contribution >= 0.6 is 0 Å². The maximum Gasteiger partial charge on any atom is 0.243 e. The summed E-state index contributed by atoms with van der Waals surface area (Å²) in [5.41, 5.74) is 7.56. The van der Waals surface area contributed by atoms with Gasteiger partial charge < -0.3 is 0 Å². The van der Waals surface area contributed by atoms with Crippen LogP contribution in [0.2, 0.25) is 0 Å². The van der Waals surface area contributed by atoms with Crippen LogP contribution in [-0.2, 0) is 22.7 Å². The fourth-order valence-electron chi connectivity index (χ4n) is 2.88. The third kappa shape index (κ3) is 5.80. The topological polar surface area (TPSA) is 62.1 Å². The first kappa shape index (κ1) is 19.3. The number of hydrogen-bond acceptors (Lipinski definition) is 3. The van der Waals surface area contributed by atoms with Crippen LogP contribution < -0.4 is 5.48 Å². The van der Waals surface area contributed by atoms with Crippen LogP contribution in [0.3, 0.4) is 0 Å². The van der Waals surface area contributed by atoms with Crippen molar-refractivity contribution in [2.24, 2.45) is 0 Å². The zero-order valence-electron chi connectivity index (χ0n) is 15.6. The molecular weight excluding hydrogens is 348 g/mol. The van der Waals surface area contributed by atoms with Crippen LogP contribution in [0.15, 0.2) is 78.9 Å². The number of benzene rings is 3. The minimum absolute atomic E-state index is 0.106. The Hall–Kier alpha value is -3.42. The first-order valence-corrected chi connectivity index (χ1v) is 9.28. The van der Waals surface area contributed by atoms with Gasteiger partial charge in [0, 0.05) is 6.42 Å². The average Bonchev–Trinajstić information content (AvgIpc) is 2.75. The smallest absolute Gasteiger partial charge is 0.243 e. The molecule has 0 aromatic heterocycles. The number of rotatable bonds is 8. The molecule has 0 atom stereocenters. The molecule has 0 aliphatic rings. The van der Waals surface area contributed by atoms with Gasteiger partial charge in [0.05, 0.1) is 18.2 Å². The van der Waals surface area contributed by atoms with Crippen molar-refractivity contribution in [3.8, 4) is 17.2 Å². The van der Waals surface area contributed by atoms with Crippen molar-refractivity contribution in [1.82, 2.24) is 5.48 Å². The molecule has 4 heteroatoms. The molecule has 0 radical (unpaired) electrons. The fraction of sp³-hybridized carbons (Fsp3) is 0.167. The number of amides is 1. The number of carbonyl (C=O) groups is 1. The summed E-state index contributed by atoms with van der Waals surface area (Å²) in [4.78, 5) is 17.1. The Morgan fingerprint density at radius 1 is 0.857 bits per heavy atom. The lowest BCUT2D eigenvalue weighted by Crippen LogP contribution is -2.23. The molecule has 0 aliphatic carbocycles. The van der Waals surface area contributed by atoms with Gasteiger partial charge in [0.15, 0.2) is 0 Å². The summed E-state index contributed by atoms with van der Waals surface area (Å²) in [6, 6.07) is 27.7. The molecule has 3 rings (SSSR count). The van der Waals surface area contributed by atoms with E-state index >= 15 is 0 Å². The van der Waals surface area contributed by atoms with E-state index in [4.69, 9.17) is 10.1 Å². The Bertz CT molecular complexity index is 927. The number of nitrogens with one attached hydrogen (secondary N) is 1. The van der Waals surface area contributed by atoms with Gasteiger partial charge in [0.2, 0.25) is 5.91 Å². The molecule has 0 saturated heterocycles. The number of hydroxylamine groups is 1. The van der Waals surface area contributed by atoms with Crippen molar-refractivity contribution in [3.05, 3.63) is 95.6 Å². The highest BCUT2D eigenvalue weighted by atomic mass is 16.6. The van der Waals surface area contributed by atoms with Crippen molar-refractivity contribution in [2.45, 2.75) is 25.9 Å². The SMILES string of the molecule is N#Cc1ccc(-c2ccc(CCCC(=O)NOCc3ccccc3)cc2)cc1. The minimum atomic E-state index is -0.106.